The van der Waals surface area contributed by atoms with Gasteiger partial charge in [0.05, 0.1) is 24.2 Å². The molecule has 144 valence electrons. The second-order valence-corrected chi connectivity index (χ2v) is 7.47. The Hall–Kier alpha value is -2.99. The number of rotatable bonds is 6. The highest BCUT2D eigenvalue weighted by atomic mass is 16.2. The van der Waals surface area contributed by atoms with Crippen LogP contribution < -0.4 is 10.2 Å². The summed E-state index contributed by atoms with van der Waals surface area (Å²) in [6, 6.07) is 14.9. The normalized spacial score (nSPS) is 16.5. The van der Waals surface area contributed by atoms with Crippen LogP contribution in [0.2, 0.25) is 0 Å². The molecule has 28 heavy (non-hydrogen) atoms. The molecule has 2 aromatic rings. The maximum absolute atomic E-state index is 12.3. The van der Waals surface area contributed by atoms with Gasteiger partial charge in [-0.25, -0.2) is 0 Å². The molecule has 2 N–H and O–H groups in total. The summed E-state index contributed by atoms with van der Waals surface area (Å²) >= 11 is 0. The molecule has 6 heteroatoms. The lowest BCUT2D eigenvalue weighted by molar-refractivity contribution is -0.901. The quantitative estimate of drug-likeness (QED) is 0.730. The van der Waals surface area contributed by atoms with Gasteiger partial charge in [-0.1, -0.05) is 36.4 Å². The first-order valence-electron chi connectivity index (χ1n) is 9.75. The van der Waals surface area contributed by atoms with Crippen LogP contribution in [-0.2, 0) is 17.9 Å². The van der Waals surface area contributed by atoms with Gasteiger partial charge in [-0.15, -0.1) is 0 Å². The molecule has 0 unspecified atom stereocenters. The number of imide groups is 1. The Balaban J connectivity index is 1.29. The molecule has 4 rings (SSSR count). The summed E-state index contributed by atoms with van der Waals surface area (Å²) in [6.07, 6.45) is 2.62. The van der Waals surface area contributed by atoms with E-state index in [1.165, 1.54) is 31.5 Å². The van der Waals surface area contributed by atoms with Crippen LogP contribution in [0.5, 0.6) is 0 Å². The van der Waals surface area contributed by atoms with Gasteiger partial charge in [-0.2, -0.15) is 0 Å². The summed E-state index contributed by atoms with van der Waals surface area (Å²) in [5.41, 5.74) is 3.01. The predicted molar refractivity (Wildman–Crippen MR) is 104 cm³/mol. The topological polar surface area (TPSA) is 70.9 Å². The molecule has 0 aromatic heterocycles. The van der Waals surface area contributed by atoms with Crippen LogP contribution in [0.25, 0.3) is 0 Å². The van der Waals surface area contributed by atoms with E-state index in [-0.39, 0.29) is 12.5 Å². The third kappa shape index (κ3) is 3.82. The first kappa shape index (κ1) is 18.4. The Kier molecular flexibility index (Phi) is 5.21. The fourth-order valence-corrected chi connectivity index (χ4v) is 3.90. The average molecular weight is 378 g/mol. The van der Waals surface area contributed by atoms with Crippen LogP contribution in [0.1, 0.15) is 44.7 Å². The number of nitrogens with one attached hydrogen (secondary N) is 2. The molecule has 2 aromatic carbocycles. The van der Waals surface area contributed by atoms with Gasteiger partial charge in [0.25, 0.3) is 11.8 Å². The third-order valence-corrected chi connectivity index (χ3v) is 5.46. The first-order chi connectivity index (χ1) is 13.6. The lowest BCUT2D eigenvalue weighted by atomic mass is 10.1. The highest BCUT2D eigenvalue weighted by Crippen LogP contribution is 2.21. The second kappa shape index (κ2) is 7.94. The number of hydrogen-bond donors (Lipinski definition) is 2. The van der Waals surface area contributed by atoms with E-state index in [2.05, 4.69) is 17.4 Å². The van der Waals surface area contributed by atoms with Gasteiger partial charge in [-0.05, 0) is 17.7 Å². The molecular weight excluding hydrogens is 354 g/mol. The summed E-state index contributed by atoms with van der Waals surface area (Å²) in [5.74, 6) is -1.17. The molecular formula is C22H24N3O3+. The van der Waals surface area contributed by atoms with Crippen LogP contribution in [-0.4, -0.2) is 42.3 Å². The minimum absolute atomic E-state index is 0.261. The SMILES string of the molecule is O=C(CN1C(=O)c2ccccc2C1=O)NCc1ccc(C[NH+]2CCCC2)cc1. The number of likely N-dealkylation sites (tertiary alicyclic amines) is 1. The minimum Gasteiger partial charge on any atom is -0.350 e. The molecule has 3 amide bonds. The first-order valence-corrected chi connectivity index (χ1v) is 9.75. The fourth-order valence-electron chi connectivity index (χ4n) is 3.90. The van der Waals surface area contributed by atoms with Crippen molar-refractivity contribution in [3.63, 3.8) is 0 Å². The molecule has 1 fully saturated rings. The van der Waals surface area contributed by atoms with Crippen molar-refractivity contribution in [3.05, 3.63) is 70.8 Å². The maximum Gasteiger partial charge on any atom is 0.262 e. The molecule has 2 heterocycles. The highest BCUT2D eigenvalue weighted by Gasteiger charge is 2.36. The summed E-state index contributed by atoms with van der Waals surface area (Å²) in [5, 5.41) is 2.80. The van der Waals surface area contributed by atoms with Crippen LogP contribution in [0, 0.1) is 0 Å². The zero-order valence-corrected chi connectivity index (χ0v) is 15.7. The van der Waals surface area contributed by atoms with Gasteiger partial charge in [0, 0.05) is 24.9 Å². The standard InChI is InChI=1S/C22H23N3O3/c26-20(15-25-21(27)18-5-1-2-6-19(18)22(25)28)23-13-16-7-9-17(10-8-16)14-24-11-3-4-12-24/h1-2,5-10H,3-4,11-15H2,(H,23,26)/p+1. The van der Waals surface area contributed by atoms with E-state index in [9.17, 15) is 14.4 Å². The number of quaternary nitrogens is 1. The van der Waals surface area contributed by atoms with Gasteiger partial charge in [0.15, 0.2) is 0 Å². The van der Waals surface area contributed by atoms with E-state index in [1.54, 1.807) is 29.2 Å². The molecule has 0 radical (unpaired) electrons. The summed E-state index contributed by atoms with van der Waals surface area (Å²) in [6.45, 7) is 3.65. The van der Waals surface area contributed by atoms with Crippen molar-refractivity contribution in [3.8, 4) is 0 Å². The van der Waals surface area contributed by atoms with E-state index >= 15 is 0 Å². The van der Waals surface area contributed by atoms with Gasteiger partial charge in [-0.3, -0.25) is 19.3 Å². The molecule has 0 atom stereocenters. The van der Waals surface area contributed by atoms with Gasteiger partial charge >= 0.3 is 0 Å². The van der Waals surface area contributed by atoms with Crippen molar-refractivity contribution in [2.24, 2.45) is 0 Å². The Labute approximate surface area is 164 Å². The molecule has 0 saturated carbocycles. The number of fused-ring (bicyclic) bond motifs is 1. The Bertz CT molecular complexity index is 866. The van der Waals surface area contributed by atoms with Gasteiger partial charge < -0.3 is 10.2 Å². The number of carbonyl (C=O) groups is 3. The van der Waals surface area contributed by atoms with Crippen molar-refractivity contribution < 1.29 is 19.3 Å². The van der Waals surface area contributed by atoms with Crippen molar-refractivity contribution in [1.82, 2.24) is 10.2 Å². The maximum atomic E-state index is 12.3. The second-order valence-electron chi connectivity index (χ2n) is 7.47. The van der Waals surface area contributed by atoms with E-state index in [4.69, 9.17) is 0 Å². The molecule has 0 bridgehead atoms. The summed E-state index contributed by atoms with van der Waals surface area (Å²) in [7, 11) is 0. The number of benzene rings is 2. The van der Waals surface area contributed by atoms with Crippen molar-refractivity contribution in [2.45, 2.75) is 25.9 Å². The minimum atomic E-state index is -0.412. The molecule has 2 aliphatic rings. The van der Waals surface area contributed by atoms with E-state index in [0.717, 1.165) is 17.0 Å². The third-order valence-electron chi connectivity index (χ3n) is 5.46. The number of amides is 3. The number of carbonyl (C=O) groups excluding carboxylic acids is 3. The molecule has 0 spiro atoms. The van der Waals surface area contributed by atoms with E-state index in [0.29, 0.717) is 17.7 Å². The highest BCUT2D eigenvalue weighted by molar-refractivity contribution is 6.22. The van der Waals surface area contributed by atoms with Crippen LogP contribution in [0.15, 0.2) is 48.5 Å². The van der Waals surface area contributed by atoms with Crippen LogP contribution >= 0.6 is 0 Å². The van der Waals surface area contributed by atoms with Crippen LogP contribution in [0.3, 0.4) is 0 Å². The van der Waals surface area contributed by atoms with E-state index in [1.807, 2.05) is 12.1 Å². The Morgan fingerprint density at radius 1 is 0.893 bits per heavy atom. The van der Waals surface area contributed by atoms with Crippen LogP contribution in [0.4, 0.5) is 0 Å². The van der Waals surface area contributed by atoms with Crippen molar-refractivity contribution in [1.29, 1.82) is 0 Å². The molecule has 2 aliphatic heterocycles. The van der Waals surface area contributed by atoms with Crippen molar-refractivity contribution in [2.75, 3.05) is 19.6 Å². The zero-order valence-electron chi connectivity index (χ0n) is 15.7. The predicted octanol–water partition coefficient (Wildman–Crippen LogP) is 0.778. The summed E-state index contributed by atoms with van der Waals surface area (Å²) in [4.78, 5) is 39.5. The Morgan fingerprint density at radius 2 is 1.46 bits per heavy atom. The fraction of sp³-hybridized carbons (Fsp3) is 0.318. The number of nitrogens with zero attached hydrogens (tertiary/aromatic N) is 1. The van der Waals surface area contributed by atoms with E-state index < -0.39 is 11.8 Å². The largest absolute Gasteiger partial charge is 0.350 e. The molecule has 6 nitrogen and oxygen atoms in total. The molecule has 0 aliphatic carbocycles. The van der Waals surface area contributed by atoms with Crippen molar-refractivity contribution >= 4 is 17.7 Å². The average Bonchev–Trinajstić information content (AvgIpc) is 3.31. The lowest BCUT2D eigenvalue weighted by Gasteiger charge is -2.14. The lowest BCUT2D eigenvalue weighted by Crippen LogP contribution is -3.08. The zero-order chi connectivity index (χ0) is 19.5. The Morgan fingerprint density at radius 3 is 2.07 bits per heavy atom. The number of hydrogen-bond acceptors (Lipinski definition) is 3. The summed E-state index contributed by atoms with van der Waals surface area (Å²) < 4.78 is 0. The smallest absolute Gasteiger partial charge is 0.262 e. The monoisotopic (exact) mass is 378 g/mol. The van der Waals surface area contributed by atoms with Gasteiger partial charge in [0.2, 0.25) is 5.91 Å². The van der Waals surface area contributed by atoms with Gasteiger partial charge in [0.1, 0.15) is 13.1 Å². The molecule has 1 saturated heterocycles.